The first-order valence-corrected chi connectivity index (χ1v) is 5.49. The van der Waals surface area contributed by atoms with Crippen molar-refractivity contribution in [3.8, 4) is 0 Å². The maximum absolute atomic E-state index is 11.8. The van der Waals surface area contributed by atoms with E-state index in [0.29, 0.717) is 6.54 Å². The summed E-state index contributed by atoms with van der Waals surface area (Å²) in [4.78, 5) is 13.4. The zero-order chi connectivity index (χ0) is 11.6. The quantitative estimate of drug-likeness (QED) is 0.725. The Bertz CT molecular complexity index is 232. The molecule has 0 aromatic heterocycles. The summed E-state index contributed by atoms with van der Waals surface area (Å²) >= 11 is 0. The van der Waals surface area contributed by atoms with Gasteiger partial charge in [0.2, 0.25) is 0 Å². The van der Waals surface area contributed by atoms with E-state index in [1.54, 1.807) is 11.8 Å². The van der Waals surface area contributed by atoms with Crippen LogP contribution in [-0.4, -0.2) is 40.4 Å². The van der Waals surface area contributed by atoms with E-state index in [9.17, 15) is 9.90 Å². The van der Waals surface area contributed by atoms with Gasteiger partial charge in [-0.3, -0.25) is 0 Å². The number of rotatable bonds is 1. The Morgan fingerprint density at radius 1 is 1.53 bits per heavy atom. The highest BCUT2D eigenvalue weighted by atomic mass is 16.6. The molecule has 4 nitrogen and oxygen atoms in total. The second kappa shape index (κ2) is 4.39. The van der Waals surface area contributed by atoms with E-state index in [4.69, 9.17) is 4.74 Å². The Morgan fingerprint density at radius 3 is 2.60 bits per heavy atom. The summed E-state index contributed by atoms with van der Waals surface area (Å²) in [5.74, 6) is 0. The molecule has 0 bridgehead atoms. The van der Waals surface area contributed by atoms with Gasteiger partial charge in [0, 0.05) is 6.54 Å². The zero-order valence-electron chi connectivity index (χ0n) is 9.99. The molecule has 1 N–H and O–H groups in total. The number of carbonyl (C=O) groups is 1. The number of hydrogen-bond acceptors (Lipinski definition) is 3. The van der Waals surface area contributed by atoms with Crippen molar-refractivity contribution in [2.24, 2.45) is 0 Å². The van der Waals surface area contributed by atoms with Gasteiger partial charge in [0.1, 0.15) is 5.60 Å². The van der Waals surface area contributed by atoms with Crippen molar-refractivity contribution in [3.63, 3.8) is 0 Å². The molecule has 0 radical (unpaired) electrons. The molecule has 0 aromatic rings. The summed E-state index contributed by atoms with van der Waals surface area (Å²) < 4.78 is 5.28. The lowest BCUT2D eigenvalue weighted by Crippen LogP contribution is -2.44. The molecule has 1 rings (SSSR count). The summed E-state index contributed by atoms with van der Waals surface area (Å²) in [6.45, 7) is 7.94. The number of amides is 1. The predicted molar refractivity (Wildman–Crippen MR) is 57.6 cm³/mol. The number of nitrogens with zero attached hydrogens (tertiary/aromatic N) is 1. The van der Waals surface area contributed by atoms with E-state index in [-0.39, 0.29) is 12.1 Å². The highest BCUT2D eigenvalue weighted by Gasteiger charge is 2.34. The van der Waals surface area contributed by atoms with Crippen LogP contribution in [0.5, 0.6) is 0 Å². The number of aliphatic hydroxyl groups excluding tert-OH is 1. The van der Waals surface area contributed by atoms with Crippen molar-refractivity contribution >= 4 is 6.09 Å². The van der Waals surface area contributed by atoms with E-state index in [1.165, 1.54) is 0 Å². The third kappa shape index (κ3) is 3.38. The number of carbonyl (C=O) groups excluding carboxylic acids is 1. The third-order valence-electron chi connectivity index (χ3n) is 2.48. The normalized spacial score (nSPS) is 24.1. The molecule has 88 valence electrons. The molecule has 1 saturated heterocycles. The highest BCUT2D eigenvalue weighted by Crippen LogP contribution is 2.22. The molecular weight excluding hydrogens is 194 g/mol. The second-order valence-electron chi connectivity index (χ2n) is 5.12. The van der Waals surface area contributed by atoms with Gasteiger partial charge in [0.15, 0.2) is 0 Å². The molecule has 2 atom stereocenters. The van der Waals surface area contributed by atoms with Gasteiger partial charge in [-0.2, -0.15) is 0 Å². The van der Waals surface area contributed by atoms with Gasteiger partial charge in [0.25, 0.3) is 0 Å². The molecule has 4 heteroatoms. The summed E-state index contributed by atoms with van der Waals surface area (Å²) in [5.41, 5.74) is -0.469. The van der Waals surface area contributed by atoms with Crippen molar-refractivity contribution < 1.29 is 14.6 Å². The second-order valence-corrected chi connectivity index (χ2v) is 5.12. The van der Waals surface area contributed by atoms with Gasteiger partial charge in [-0.1, -0.05) is 0 Å². The number of ether oxygens (including phenoxy) is 1. The van der Waals surface area contributed by atoms with E-state index < -0.39 is 11.7 Å². The predicted octanol–water partition coefficient (Wildman–Crippen LogP) is 1.77. The van der Waals surface area contributed by atoms with Crippen LogP contribution >= 0.6 is 0 Å². The van der Waals surface area contributed by atoms with Crippen molar-refractivity contribution in [2.45, 2.75) is 58.3 Å². The first kappa shape index (κ1) is 12.3. The summed E-state index contributed by atoms with van der Waals surface area (Å²) in [6.07, 6.45) is 0.997. The molecule has 0 saturated carbocycles. The molecule has 1 aliphatic rings. The Labute approximate surface area is 91.2 Å². The highest BCUT2D eigenvalue weighted by molar-refractivity contribution is 5.69. The molecular formula is C11H21NO3. The minimum absolute atomic E-state index is 0.0835. The zero-order valence-corrected chi connectivity index (χ0v) is 9.99. The van der Waals surface area contributed by atoms with E-state index >= 15 is 0 Å². The van der Waals surface area contributed by atoms with E-state index in [0.717, 1.165) is 12.8 Å². The SMILES string of the molecule is C[C@@H](O)C1CCCN1C(=O)OC(C)(C)C. The fourth-order valence-electron chi connectivity index (χ4n) is 1.84. The van der Waals surface area contributed by atoms with Gasteiger partial charge in [-0.25, -0.2) is 4.79 Å². The van der Waals surface area contributed by atoms with Crippen molar-refractivity contribution in [3.05, 3.63) is 0 Å². The van der Waals surface area contributed by atoms with Crippen LogP contribution in [0.25, 0.3) is 0 Å². The Morgan fingerprint density at radius 2 is 2.13 bits per heavy atom. The fourth-order valence-corrected chi connectivity index (χ4v) is 1.84. The van der Waals surface area contributed by atoms with Crippen LogP contribution in [0.1, 0.15) is 40.5 Å². The van der Waals surface area contributed by atoms with Crippen molar-refractivity contribution in [1.29, 1.82) is 0 Å². The maximum Gasteiger partial charge on any atom is 0.410 e. The first-order valence-electron chi connectivity index (χ1n) is 5.49. The lowest BCUT2D eigenvalue weighted by atomic mass is 10.1. The Balaban J connectivity index is 2.59. The Hall–Kier alpha value is -0.770. The molecule has 1 unspecified atom stereocenters. The van der Waals surface area contributed by atoms with Crippen molar-refractivity contribution in [2.75, 3.05) is 6.54 Å². The molecule has 1 amide bonds. The average Bonchev–Trinajstić information content (AvgIpc) is 2.47. The van der Waals surface area contributed by atoms with Gasteiger partial charge >= 0.3 is 6.09 Å². The molecule has 1 fully saturated rings. The van der Waals surface area contributed by atoms with Gasteiger partial charge in [-0.15, -0.1) is 0 Å². The summed E-state index contributed by atoms with van der Waals surface area (Å²) in [5, 5.41) is 9.52. The average molecular weight is 215 g/mol. The molecule has 0 spiro atoms. The first-order chi connectivity index (χ1) is 6.81. The molecule has 0 aromatic carbocycles. The largest absolute Gasteiger partial charge is 0.444 e. The summed E-state index contributed by atoms with van der Waals surface area (Å²) in [7, 11) is 0. The fraction of sp³-hybridized carbons (Fsp3) is 0.909. The molecule has 15 heavy (non-hydrogen) atoms. The van der Waals surface area contributed by atoms with Crippen LogP contribution in [0.4, 0.5) is 4.79 Å². The van der Waals surface area contributed by atoms with Crippen LogP contribution < -0.4 is 0 Å². The monoisotopic (exact) mass is 215 g/mol. The Kier molecular flexibility index (Phi) is 3.60. The van der Waals surface area contributed by atoms with Crippen LogP contribution in [0.15, 0.2) is 0 Å². The lowest BCUT2D eigenvalue weighted by molar-refractivity contribution is 0.00801. The van der Waals surface area contributed by atoms with Gasteiger partial charge < -0.3 is 14.7 Å². The standard InChI is InChI=1S/C11H21NO3/c1-8(13)9-6-5-7-12(9)10(14)15-11(2,3)4/h8-9,13H,5-7H2,1-4H3/t8-,9?/m1/s1. The van der Waals surface area contributed by atoms with Crippen LogP contribution in [0.2, 0.25) is 0 Å². The molecule has 0 aliphatic carbocycles. The van der Waals surface area contributed by atoms with Gasteiger partial charge in [0.05, 0.1) is 12.1 Å². The lowest BCUT2D eigenvalue weighted by Gasteiger charge is -2.29. The van der Waals surface area contributed by atoms with Crippen LogP contribution in [-0.2, 0) is 4.74 Å². The minimum Gasteiger partial charge on any atom is -0.444 e. The smallest absolute Gasteiger partial charge is 0.410 e. The van der Waals surface area contributed by atoms with E-state index in [2.05, 4.69) is 0 Å². The van der Waals surface area contributed by atoms with Crippen LogP contribution in [0, 0.1) is 0 Å². The summed E-state index contributed by atoms with van der Waals surface area (Å²) in [6, 6.07) is -0.0835. The van der Waals surface area contributed by atoms with Gasteiger partial charge in [-0.05, 0) is 40.5 Å². The third-order valence-corrected chi connectivity index (χ3v) is 2.48. The molecule has 1 heterocycles. The topological polar surface area (TPSA) is 49.8 Å². The van der Waals surface area contributed by atoms with Crippen molar-refractivity contribution in [1.82, 2.24) is 4.90 Å². The van der Waals surface area contributed by atoms with Crippen LogP contribution in [0.3, 0.4) is 0 Å². The minimum atomic E-state index is -0.486. The number of hydrogen-bond donors (Lipinski definition) is 1. The number of aliphatic hydroxyl groups is 1. The number of likely N-dealkylation sites (tertiary alicyclic amines) is 1. The molecule has 1 aliphatic heterocycles. The van der Waals surface area contributed by atoms with E-state index in [1.807, 2.05) is 20.8 Å². The maximum atomic E-state index is 11.8.